The first-order chi connectivity index (χ1) is 9.38. The van der Waals surface area contributed by atoms with Crippen LogP contribution in [0.5, 0.6) is 0 Å². The Bertz CT molecular complexity index is 331. The Morgan fingerprint density at radius 2 is 1.85 bits per heavy atom. The number of nitrogens with zero attached hydrogens (tertiary/aromatic N) is 1. The van der Waals surface area contributed by atoms with Crippen molar-refractivity contribution in [2.24, 2.45) is 0 Å². The molecule has 0 aromatic carbocycles. The number of hydrogen-bond donors (Lipinski definition) is 2. The molecule has 0 heterocycles. The maximum Gasteiger partial charge on any atom is 0.325 e. The Morgan fingerprint density at radius 1 is 1.20 bits per heavy atom. The number of methoxy groups -OCH3 is 1. The monoisotopic (exact) mass is 288 g/mol. The van der Waals surface area contributed by atoms with Gasteiger partial charge in [-0.2, -0.15) is 0 Å². The van der Waals surface area contributed by atoms with Gasteiger partial charge in [-0.25, -0.2) is 4.79 Å². The highest BCUT2D eigenvalue weighted by Gasteiger charge is 2.19. The van der Waals surface area contributed by atoms with Gasteiger partial charge in [-0.1, -0.05) is 6.42 Å². The van der Waals surface area contributed by atoms with Crippen LogP contribution >= 0.6 is 0 Å². The topological polar surface area (TPSA) is 95.9 Å². The number of carboxylic acid groups (broad SMARTS) is 1. The number of carbonyl (C=O) groups is 3. The van der Waals surface area contributed by atoms with Gasteiger partial charge in [0.2, 0.25) is 0 Å². The quantitative estimate of drug-likeness (QED) is 0.491. The number of amides is 2. The normalized spacial score (nSPS) is 10.2. The van der Waals surface area contributed by atoms with E-state index in [-0.39, 0.29) is 25.0 Å². The van der Waals surface area contributed by atoms with E-state index >= 15 is 0 Å². The highest BCUT2D eigenvalue weighted by Crippen LogP contribution is 2.01. The molecule has 0 aromatic heterocycles. The number of aliphatic carboxylic acids is 1. The zero-order valence-corrected chi connectivity index (χ0v) is 12.3. The van der Waals surface area contributed by atoms with Gasteiger partial charge < -0.3 is 20.1 Å². The summed E-state index contributed by atoms with van der Waals surface area (Å²) in [6.07, 6.45) is 2.20. The van der Waals surface area contributed by atoms with Crippen molar-refractivity contribution >= 4 is 18.0 Å². The predicted molar refractivity (Wildman–Crippen MR) is 73.4 cm³/mol. The Kier molecular flexibility index (Phi) is 9.15. The molecular formula is C13H24N2O5. The molecule has 2 amide bonds. The van der Waals surface area contributed by atoms with Crippen molar-refractivity contribution < 1.29 is 24.2 Å². The van der Waals surface area contributed by atoms with Crippen LogP contribution in [0.1, 0.15) is 39.5 Å². The van der Waals surface area contributed by atoms with Gasteiger partial charge in [0.05, 0.1) is 7.11 Å². The van der Waals surface area contributed by atoms with E-state index in [9.17, 15) is 14.4 Å². The summed E-state index contributed by atoms with van der Waals surface area (Å²) in [7, 11) is 1.28. The number of carboxylic acids is 1. The van der Waals surface area contributed by atoms with Gasteiger partial charge in [-0.05, 0) is 26.7 Å². The van der Waals surface area contributed by atoms with Gasteiger partial charge in [0.1, 0.15) is 6.54 Å². The van der Waals surface area contributed by atoms with Crippen LogP contribution in [0, 0.1) is 0 Å². The lowest BCUT2D eigenvalue weighted by Crippen LogP contribution is -2.46. The zero-order valence-electron chi connectivity index (χ0n) is 12.3. The predicted octanol–water partition coefficient (Wildman–Crippen LogP) is 1.22. The summed E-state index contributed by atoms with van der Waals surface area (Å²) in [4.78, 5) is 34.8. The maximum atomic E-state index is 11.9. The van der Waals surface area contributed by atoms with Gasteiger partial charge in [0, 0.05) is 19.0 Å². The third-order valence-corrected chi connectivity index (χ3v) is 2.75. The van der Waals surface area contributed by atoms with Crippen molar-refractivity contribution in [3.05, 3.63) is 0 Å². The standard InChI is InChI=1S/C13H24N2O5/c1-10(2)15(9-12(18)20-3)13(19)14-8-6-4-5-7-11(16)17/h10H,4-9H2,1-3H3,(H,14,19)(H,16,17). The third kappa shape index (κ3) is 8.34. The summed E-state index contributed by atoms with van der Waals surface area (Å²) in [5, 5.41) is 11.2. The van der Waals surface area contributed by atoms with Gasteiger partial charge >= 0.3 is 18.0 Å². The Morgan fingerprint density at radius 3 is 2.35 bits per heavy atom. The lowest BCUT2D eigenvalue weighted by molar-refractivity contribution is -0.141. The van der Waals surface area contributed by atoms with E-state index in [0.717, 1.165) is 6.42 Å². The highest BCUT2D eigenvalue weighted by molar-refractivity contribution is 5.81. The van der Waals surface area contributed by atoms with E-state index in [1.165, 1.54) is 12.0 Å². The number of esters is 1. The number of ether oxygens (including phenoxy) is 1. The molecule has 116 valence electrons. The van der Waals surface area contributed by atoms with Crippen LogP contribution in [0.2, 0.25) is 0 Å². The fraction of sp³-hybridized carbons (Fsp3) is 0.769. The molecule has 0 radical (unpaired) electrons. The molecule has 0 unspecified atom stereocenters. The lowest BCUT2D eigenvalue weighted by atomic mass is 10.2. The van der Waals surface area contributed by atoms with Gasteiger partial charge in [0.15, 0.2) is 0 Å². The van der Waals surface area contributed by atoms with Crippen molar-refractivity contribution in [3.63, 3.8) is 0 Å². The summed E-state index contributed by atoms with van der Waals surface area (Å²) >= 11 is 0. The van der Waals surface area contributed by atoms with Crippen LogP contribution < -0.4 is 5.32 Å². The fourth-order valence-corrected chi connectivity index (χ4v) is 1.57. The Labute approximate surface area is 119 Å². The third-order valence-electron chi connectivity index (χ3n) is 2.75. The number of hydrogen-bond acceptors (Lipinski definition) is 4. The SMILES string of the molecule is COC(=O)CN(C(=O)NCCCCCC(=O)O)C(C)C. The Hall–Kier alpha value is -1.79. The Balaban J connectivity index is 3.96. The second-order valence-corrected chi connectivity index (χ2v) is 4.73. The van der Waals surface area contributed by atoms with Crippen molar-refractivity contribution in [1.29, 1.82) is 0 Å². The van der Waals surface area contributed by atoms with Crippen LogP contribution in [-0.4, -0.2) is 54.2 Å². The molecule has 0 saturated carbocycles. The molecule has 0 aliphatic heterocycles. The van der Waals surface area contributed by atoms with Crippen LogP contribution in [0.25, 0.3) is 0 Å². The van der Waals surface area contributed by atoms with Crippen LogP contribution in [0.3, 0.4) is 0 Å². The summed E-state index contributed by atoms with van der Waals surface area (Å²) in [5.74, 6) is -1.27. The van der Waals surface area contributed by atoms with Crippen molar-refractivity contribution in [1.82, 2.24) is 10.2 Å². The molecule has 0 fully saturated rings. The molecule has 0 aliphatic rings. The first-order valence-electron chi connectivity index (χ1n) is 6.71. The fourth-order valence-electron chi connectivity index (χ4n) is 1.57. The summed E-state index contributed by atoms with van der Waals surface area (Å²) in [6, 6.07) is -0.426. The summed E-state index contributed by atoms with van der Waals surface area (Å²) in [6.45, 7) is 4.01. The molecule has 0 aromatic rings. The highest BCUT2D eigenvalue weighted by atomic mass is 16.5. The van der Waals surface area contributed by atoms with Gasteiger partial charge in [0.25, 0.3) is 0 Å². The molecule has 7 nitrogen and oxygen atoms in total. The number of nitrogens with one attached hydrogen (secondary N) is 1. The first-order valence-corrected chi connectivity index (χ1v) is 6.71. The molecule has 20 heavy (non-hydrogen) atoms. The maximum absolute atomic E-state index is 11.9. The number of carbonyl (C=O) groups excluding carboxylic acids is 2. The molecule has 0 spiro atoms. The number of urea groups is 1. The second-order valence-electron chi connectivity index (χ2n) is 4.73. The van der Waals surface area contributed by atoms with E-state index < -0.39 is 11.9 Å². The minimum absolute atomic E-state index is 0.0843. The smallest absolute Gasteiger partial charge is 0.325 e. The van der Waals surface area contributed by atoms with Gasteiger partial charge in [-0.3, -0.25) is 9.59 Å². The number of unbranched alkanes of at least 4 members (excludes halogenated alkanes) is 2. The molecule has 0 bridgehead atoms. The second kappa shape index (κ2) is 10.1. The van der Waals surface area contributed by atoms with E-state index in [4.69, 9.17) is 5.11 Å². The average Bonchev–Trinajstić information content (AvgIpc) is 2.38. The van der Waals surface area contributed by atoms with Crippen LogP contribution in [0.4, 0.5) is 4.79 Å². The minimum Gasteiger partial charge on any atom is -0.481 e. The molecule has 0 aliphatic carbocycles. The van der Waals surface area contributed by atoms with E-state index in [0.29, 0.717) is 19.4 Å². The van der Waals surface area contributed by atoms with Crippen molar-refractivity contribution in [3.8, 4) is 0 Å². The molecule has 7 heteroatoms. The molecule has 0 saturated heterocycles. The lowest BCUT2D eigenvalue weighted by Gasteiger charge is -2.25. The first kappa shape index (κ1) is 18.2. The number of rotatable bonds is 9. The molecule has 0 atom stereocenters. The van der Waals surface area contributed by atoms with E-state index in [2.05, 4.69) is 10.1 Å². The molecular weight excluding hydrogens is 264 g/mol. The van der Waals surface area contributed by atoms with Crippen LogP contribution in [0.15, 0.2) is 0 Å². The average molecular weight is 288 g/mol. The van der Waals surface area contributed by atoms with Crippen LogP contribution in [-0.2, 0) is 14.3 Å². The summed E-state index contributed by atoms with van der Waals surface area (Å²) < 4.78 is 4.54. The van der Waals surface area contributed by atoms with Gasteiger partial charge in [-0.15, -0.1) is 0 Å². The van der Waals surface area contributed by atoms with Crippen molar-refractivity contribution in [2.75, 3.05) is 20.2 Å². The van der Waals surface area contributed by atoms with Crippen molar-refractivity contribution in [2.45, 2.75) is 45.6 Å². The molecule has 2 N–H and O–H groups in total. The zero-order chi connectivity index (χ0) is 15.5. The minimum atomic E-state index is -0.807. The largest absolute Gasteiger partial charge is 0.481 e. The summed E-state index contributed by atoms with van der Waals surface area (Å²) in [5.41, 5.74) is 0. The van der Waals surface area contributed by atoms with E-state index in [1.807, 2.05) is 13.8 Å². The molecule has 0 rings (SSSR count). The van der Waals surface area contributed by atoms with E-state index in [1.54, 1.807) is 0 Å².